The molecule has 0 fully saturated rings. The molecule has 32 heavy (non-hydrogen) atoms. The van der Waals surface area contributed by atoms with E-state index in [1.54, 1.807) is 0 Å². The molecular weight excluding hydrogens is 418 g/mol. The van der Waals surface area contributed by atoms with E-state index >= 15 is 0 Å². The molecule has 0 radical (unpaired) electrons. The second-order valence-electron chi connectivity index (χ2n) is 8.01. The number of aromatic nitrogens is 4. The zero-order chi connectivity index (χ0) is 22.7. The normalized spacial score (nSPS) is 11.0. The third-order valence-corrected chi connectivity index (χ3v) is 6.30. The van der Waals surface area contributed by atoms with Crippen LogP contribution < -0.4 is 5.32 Å². The van der Waals surface area contributed by atoms with E-state index in [9.17, 15) is 4.79 Å². The van der Waals surface area contributed by atoms with Crippen molar-refractivity contribution < 1.29 is 4.79 Å². The molecule has 4 rings (SSSR count). The standard InChI is InChI=1S/C25H27N5OS/c1-17-7-10-20(11-8-17)30-23(15-21-6-5-13-29(21)4)27-28-25(30)32-16-24(31)26-22-12-9-18(2)14-19(22)3/h5-14H,15-16H2,1-4H3,(H,26,31). The lowest BCUT2D eigenvalue weighted by Crippen LogP contribution is -2.15. The number of carbonyl (C=O) groups is 1. The first kappa shape index (κ1) is 21.9. The van der Waals surface area contributed by atoms with Crippen LogP contribution >= 0.6 is 11.8 Å². The van der Waals surface area contributed by atoms with Gasteiger partial charge >= 0.3 is 0 Å². The van der Waals surface area contributed by atoms with E-state index in [2.05, 4.69) is 63.4 Å². The summed E-state index contributed by atoms with van der Waals surface area (Å²) >= 11 is 1.39. The summed E-state index contributed by atoms with van der Waals surface area (Å²) in [7, 11) is 2.02. The van der Waals surface area contributed by atoms with Crippen molar-refractivity contribution in [3.63, 3.8) is 0 Å². The maximum Gasteiger partial charge on any atom is 0.234 e. The van der Waals surface area contributed by atoms with Gasteiger partial charge in [-0.05, 0) is 56.7 Å². The minimum absolute atomic E-state index is 0.0654. The molecule has 0 saturated carbocycles. The van der Waals surface area contributed by atoms with Gasteiger partial charge in [-0.2, -0.15) is 0 Å². The van der Waals surface area contributed by atoms with Gasteiger partial charge in [-0.3, -0.25) is 9.36 Å². The molecule has 0 spiro atoms. The minimum Gasteiger partial charge on any atom is -0.354 e. The van der Waals surface area contributed by atoms with Gasteiger partial charge in [0.1, 0.15) is 5.82 Å². The highest BCUT2D eigenvalue weighted by Crippen LogP contribution is 2.24. The molecule has 164 valence electrons. The van der Waals surface area contributed by atoms with Gasteiger partial charge in [-0.25, -0.2) is 0 Å². The highest BCUT2D eigenvalue weighted by atomic mass is 32.2. The Bertz CT molecular complexity index is 1240. The number of anilines is 1. The van der Waals surface area contributed by atoms with Gasteiger partial charge in [-0.1, -0.05) is 47.2 Å². The first-order valence-electron chi connectivity index (χ1n) is 10.5. The van der Waals surface area contributed by atoms with Crippen LogP contribution in [-0.2, 0) is 18.3 Å². The van der Waals surface area contributed by atoms with E-state index in [-0.39, 0.29) is 11.7 Å². The van der Waals surface area contributed by atoms with Crippen molar-refractivity contribution in [3.05, 3.63) is 89.0 Å². The van der Waals surface area contributed by atoms with Crippen molar-refractivity contribution in [1.82, 2.24) is 19.3 Å². The van der Waals surface area contributed by atoms with Crippen molar-refractivity contribution in [2.45, 2.75) is 32.3 Å². The fourth-order valence-electron chi connectivity index (χ4n) is 3.57. The third-order valence-electron chi connectivity index (χ3n) is 5.37. The zero-order valence-corrected chi connectivity index (χ0v) is 19.6. The summed E-state index contributed by atoms with van der Waals surface area (Å²) in [6.45, 7) is 6.10. The van der Waals surface area contributed by atoms with Crippen LogP contribution in [0.1, 0.15) is 28.2 Å². The summed E-state index contributed by atoms with van der Waals surface area (Å²) < 4.78 is 4.12. The number of nitrogens with one attached hydrogen (secondary N) is 1. The van der Waals surface area contributed by atoms with Crippen LogP contribution in [0.2, 0.25) is 0 Å². The van der Waals surface area contributed by atoms with E-state index in [0.717, 1.165) is 28.5 Å². The molecule has 6 nitrogen and oxygen atoms in total. The molecule has 1 N–H and O–H groups in total. The largest absolute Gasteiger partial charge is 0.354 e. The number of nitrogens with zero attached hydrogens (tertiary/aromatic N) is 4. The van der Waals surface area contributed by atoms with E-state index in [0.29, 0.717) is 11.6 Å². The number of amides is 1. The van der Waals surface area contributed by atoms with Crippen molar-refractivity contribution >= 4 is 23.4 Å². The fraction of sp³-hybridized carbons (Fsp3) is 0.240. The molecule has 0 saturated heterocycles. The molecule has 2 aromatic carbocycles. The molecule has 0 bridgehead atoms. The Morgan fingerprint density at radius 1 is 1.00 bits per heavy atom. The molecule has 7 heteroatoms. The summed E-state index contributed by atoms with van der Waals surface area (Å²) in [6, 6.07) is 18.4. The van der Waals surface area contributed by atoms with Crippen molar-refractivity contribution in [1.29, 1.82) is 0 Å². The number of rotatable bonds is 7. The smallest absolute Gasteiger partial charge is 0.234 e. The molecule has 4 aromatic rings. The van der Waals surface area contributed by atoms with Gasteiger partial charge in [0.05, 0.1) is 5.75 Å². The first-order valence-corrected chi connectivity index (χ1v) is 11.5. The maximum atomic E-state index is 12.6. The second kappa shape index (κ2) is 9.44. The second-order valence-corrected chi connectivity index (χ2v) is 8.95. The Morgan fingerprint density at radius 3 is 2.44 bits per heavy atom. The summed E-state index contributed by atoms with van der Waals surface area (Å²) in [5.41, 5.74) is 6.39. The lowest BCUT2D eigenvalue weighted by Gasteiger charge is -2.12. The number of carbonyl (C=O) groups excluding carboxylic acids is 1. The van der Waals surface area contributed by atoms with E-state index in [1.807, 2.05) is 49.9 Å². The minimum atomic E-state index is -0.0654. The number of hydrogen-bond acceptors (Lipinski definition) is 4. The molecule has 2 aromatic heterocycles. The zero-order valence-electron chi connectivity index (χ0n) is 18.8. The first-order chi connectivity index (χ1) is 15.4. The van der Waals surface area contributed by atoms with Gasteiger partial charge in [0.2, 0.25) is 5.91 Å². The Labute approximate surface area is 192 Å². The topological polar surface area (TPSA) is 64.7 Å². The number of thioether (sulfide) groups is 1. The van der Waals surface area contributed by atoms with Gasteiger partial charge in [0.25, 0.3) is 0 Å². The SMILES string of the molecule is Cc1ccc(-n2c(Cc3cccn3C)nnc2SCC(=O)Nc2ccc(C)cc2C)cc1. The summed E-state index contributed by atoms with van der Waals surface area (Å²) in [5.74, 6) is 1.03. The molecule has 0 aliphatic carbocycles. The Kier molecular flexibility index (Phi) is 6.46. The van der Waals surface area contributed by atoms with Gasteiger partial charge in [0, 0.05) is 36.7 Å². The summed E-state index contributed by atoms with van der Waals surface area (Å²) in [5, 5.41) is 12.6. The molecule has 0 atom stereocenters. The number of hydrogen-bond donors (Lipinski definition) is 1. The predicted octanol–water partition coefficient (Wildman–Crippen LogP) is 4.85. The van der Waals surface area contributed by atoms with E-state index in [1.165, 1.54) is 22.9 Å². The number of benzene rings is 2. The van der Waals surface area contributed by atoms with Crippen LogP contribution in [0.25, 0.3) is 5.69 Å². The lowest BCUT2D eigenvalue weighted by atomic mass is 10.1. The predicted molar refractivity (Wildman–Crippen MR) is 130 cm³/mol. The molecule has 1 amide bonds. The van der Waals surface area contributed by atoms with E-state index < -0.39 is 0 Å². The summed E-state index contributed by atoms with van der Waals surface area (Å²) in [6.07, 6.45) is 2.68. The van der Waals surface area contributed by atoms with Crippen molar-refractivity contribution in [2.75, 3.05) is 11.1 Å². The van der Waals surface area contributed by atoms with Gasteiger partial charge in [0.15, 0.2) is 5.16 Å². The molecule has 0 unspecified atom stereocenters. The lowest BCUT2D eigenvalue weighted by molar-refractivity contribution is -0.113. The van der Waals surface area contributed by atoms with Crippen molar-refractivity contribution in [2.24, 2.45) is 7.05 Å². The van der Waals surface area contributed by atoms with Gasteiger partial charge < -0.3 is 9.88 Å². The van der Waals surface area contributed by atoms with Gasteiger partial charge in [-0.15, -0.1) is 10.2 Å². The van der Waals surface area contributed by atoms with Crippen LogP contribution in [-0.4, -0.2) is 31.0 Å². The molecule has 0 aliphatic heterocycles. The monoisotopic (exact) mass is 445 g/mol. The fourth-order valence-corrected chi connectivity index (χ4v) is 4.34. The highest BCUT2D eigenvalue weighted by molar-refractivity contribution is 7.99. The van der Waals surface area contributed by atoms with Crippen LogP contribution in [0.3, 0.4) is 0 Å². The Balaban J connectivity index is 1.55. The van der Waals surface area contributed by atoms with E-state index in [4.69, 9.17) is 0 Å². The summed E-state index contributed by atoms with van der Waals surface area (Å²) in [4.78, 5) is 12.6. The molecule has 0 aliphatic rings. The Hall–Kier alpha value is -3.32. The van der Waals surface area contributed by atoms with Crippen LogP contribution in [0, 0.1) is 20.8 Å². The average molecular weight is 446 g/mol. The quantitative estimate of drug-likeness (QED) is 0.413. The van der Waals surface area contributed by atoms with Crippen LogP contribution in [0.4, 0.5) is 5.69 Å². The third kappa shape index (κ3) is 4.94. The average Bonchev–Trinajstić information content (AvgIpc) is 3.35. The maximum absolute atomic E-state index is 12.6. The number of aryl methyl sites for hydroxylation is 4. The highest BCUT2D eigenvalue weighted by Gasteiger charge is 2.17. The molecular formula is C25H27N5OS. The van der Waals surface area contributed by atoms with Crippen molar-refractivity contribution in [3.8, 4) is 5.69 Å². The van der Waals surface area contributed by atoms with Crippen LogP contribution in [0.5, 0.6) is 0 Å². The molecule has 2 heterocycles. The Morgan fingerprint density at radius 2 is 1.75 bits per heavy atom. The van der Waals surface area contributed by atoms with Crippen LogP contribution in [0.15, 0.2) is 66.0 Å².